The number of likely N-dealkylation sites (tertiary alicyclic amines) is 1. The van der Waals surface area contributed by atoms with Crippen molar-refractivity contribution in [1.29, 1.82) is 0 Å². The summed E-state index contributed by atoms with van der Waals surface area (Å²) < 4.78 is 0. The molecular weight excluding hydrogens is 314 g/mol. The largest absolute Gasteiger partial charge is 0.359 e. The molecular formula is C17H30ClN3O2. The average Bonchev–Trinajstić information content (AvgIpc) is 2.53. The predicted molar refractivity (Wildman–Crippen MR) is 92.1 cm³/mol. The molecule has 0 spiro atoms. The van der Waals surface area contributed by atoms with Crippen molar-refractivity contribution in [2.45, 2.75) is 51.0 Å². The van der Waals surface area contributed by atoms with Crippen molar-refractivity contribution in [2.75, 3.05) is 20.1 Å². The van der Waals surface area contributed by atoms with Gasteiger partial charge in [-0.2, -0.15) is 0 Å². The van der Waals surface area contributed by atoms with E-state index in [0.717, 1.165) is 38.8 Å². The van der Waals surface area contributed by atoms with Gasteiger partial charge in [-0.1, -0.05) is 6.42 Å². The zero-order valence-corrected chi connectivity index (χ0v) is 14.8. The lowest BCUT2D eigenvalue weighted by molar-refractivity contribution is -0.141. The molecule has 0 aromatic carbocycles. The van der Waals surface area contributed by atoms with Crippen molar-refractivity contribution in [1.82, 2.24) is 10.2 Å². The lowest BCUT2D eigenvalue weighted by atomic mass is 9.65. The highest BCUT2D eigenvalue weighted by Crippen LogP contribution is 2.42. The van der Waals surface area contributed by atoms with Crippen LogP contribution in [0.25, 0.3) is 0 Å². The molecule has 23 heavy (non-hydrogen) atoms. The zero-order valence-electron chi connectivity index (χ0n) is 14.0. The van der Waals surface area contributed by atoms with E-state index >= 15 is 0 Å². The van der Waals surface area contributed by atoms with Crippen LogP contribution in [0.4, 0.5) is 0 Å². The lowest BCUT2D eigenvalue weighted by Gasteiger charge is -2.45. The normalized spacial score (nSPS) is 34.4. The molecule has 5 nitrogen and oxygen atoms in total. The van der Waals surface area contributed by atoms with Crippen LogP contribution in [0.5, 0.6) is 0 Å². The number of piperidine rings is 1. The molecule has 2 saturated carbocycles. The van der Waals surface area contributed by atoms with E-state index in [1.807, 2.05) is 4.90 Å². The number of nitrogens with two attached hydrogens (primary N) is 1. The first-order valence-corrected chi connectivity index (χ1v) is 8.86. The molecule has 0 radical (unpaired) electrons. The summed E-state index contributed by atoms with van der Waals surface area (Å²) in [6.45, 7) is 1.46. The van der Waals surface area contributed by atoms with Gasteiger partial charge in [0.15, 0.2) is 0 Å². The van der Waals surface area contributed by atoms with Crippen molar-refractivity contribution in [3.63, 3.8) is 0 Å². The van der Waals surface area contributed by atoms with Crippen LogP contribution in [0.1, 0.15) is 44.9 Å². The molecule has 1 aliphatic heterocycles. The monoisotopic (exact) mass is 343 g/mol. The standard InChI is InChI=1S/C17H29N3O2.ClH/c1-19-16(21)11-5-7-20(8-6-11)17(22)14-9-12-3-2-4-13(10-14)15(12)18;/h11-15H,2-10,18H2,1H3,(H,19,21);1H. The number of fused-ring (bicyclic) bond motifs is 2. The van der Waals surface area contributed by atoms with Gasteiger partial charge in [-0.15, -0.1) is 12.4 Å². The molecule has 1 heterocycles. The summed E-state index contributed by atoms with van der Waals surface area (Å²) in [6, 6.07) is 0.316. The number of nitrogens with zero attached hydrogens (tertiary/aromatic N) is 1. The summed E-state index contributed by atoms with van der Waals surface area (Å²) in [6.07, 6.45) is 7.22. The fraction of sp³-hybridized carbons (Fsp3) is 0.882. The van der Waals surface area contributed by atoms with E-state index in [0.29, 0.717) is 23.8 Å². The van der Waals surface area contributed by atoms with Crippen LogP contribution >= 0.6 is 12.4 Å². The highest BCUT2D eigenvalue weighted by molar-refractivity contribution is 5.85. The number of hydrogen-bond donors (Lipinski definition) is 2. The molecule has 2 unspecified atom stereocenters. The lowest BCUT2D eigenvalue weighted by Crippen LogP contribution is -2.51. The number of carbonyl (C=O) groups is 2. The van der Waals surface area contributed by atoms with Crippen molar-refractivity contribution >= 4 is 24.2 Å². The second-order valence-corrected chi connectivity index (χ2v) is 7.41. The Balaban J connectivity index is 0.00000192. The molecule has 3 N–H and O–H groups in total. The third kappa shape index (κ3) is 3.82. The van der Waals surface area contributed by atoms with E-state index in [1.165, 1.54) is 19.3 Å². The molecule has 1 saturated heterocycles. The van der Waals surface area contributed by atoms with E-state index in [4.69, 9.17) is 5.73 Å². The molecule has 3 fully saturated rings. The van der Waals surface area contributed by atoms with Gasteiger partial charge in [-0.3, -0.25) is 9.59 Å². The maximum Gasteiger partial charge on any atom is 0.225 e. The number of halogens is 1. The SMILES string of the molecule is CNC(=O)C1CCN(C(=O)C2CC3CCCC(C2)C3N)CC1.Cl. The third-order valence-corrected chi connectivity index (χ3v) is 6.19. The molecule has 3 rings (SSSR count). The minimum absolute atomic E-state index is 0. The second-order valence-electron chi connectivity index (χ2n) is 7.41. The highest BCUT2D eigenvalue weighted by Gasteiger charge is 2.42. The Morgan fingerprint density at radius 2 is 1.57 bits per heavy atom. The summed E-state index contributed by atoms with van der Waals surface area (Å²) in [5.74, 6) is 1.78. The van der Waals surface area contributed by atoms with E-state index < -0.39 is 0 Å². The van der Waals surface area contributed by atoms with Crippen LogP contribution < -0.4 is 11.1 Å². The third-order valence-electron chi connectivity index (χ3n) is 6.19. The molecule has 0 aromatic heterocycles. The van der Waals surface area contributed by atoms with Crippen molar-refractivity contribution in [3.05, 3.63) is 0 Å². The zero-order chi connectivity index (χ0) is 15.7. The van der Waals surface area contributed by atoms with Gasteiger partial charge in [-0.25, -0.2) is 0 Å². The van der Waals surface area contributed by atoms with Crippen molar-refractivity contribution < 1.29 is 9.59 Å². The quantitative estimate of drug-likeness (QED) is 0.798. The minimum atomic E-state index is 0. The van der Waals surface area contributed by atoms with Crippen molar-refractivity contribution in [2.24, 2.45) is 29.4 Å². The molecule has 6 heteroatoms. The molecule has 2 amide bonds. The van der Waals surface area contributed by atoms with E-state index in [-0.39, 0.29) is 30.2 Å². The fourth-order valence-corrected chi connectivity index (χ4v) is 4.82. The first kappa shape index (κ1) is 18.5. The summed E-state index contributed by atoms with van der Waals surface area (Å²) in [7, 11) is 1.68. The Labute approximate surface area is 145 Å². The Morgan fingerprint density at radius 3 is 2.09 bits per heavy atom. The number of rotatable bonds is 2. The van der Waals surface area contributed by atoms with Gasteiger partial charge in [0, 0.05) is 38.0 Å². The summed E-state index contributed by atoms with van der Waals surface area (Å²) in [5.41, 5.74) is 6.32. The van der Waals surface area contributed by atoms with Gasteiger partial charge in [0.05, 0.1) is 0 Å². The van der Waals surface area contributed by atoms with E-state index in [9.17, 15) is 9.59 Å². The van der Waals surface area contributed by atoms with Gasteiger partial charge in [0.25, 0.3) is 0 Å². The number of amides is 2. The van der Waals surface area contributed by atoms with Gasteiger partial charge in [0.1, 0.15) is 0 Å². The average molecular weight is 344 g/mol. The van der Waals surface area contributed by atoms with E-state index in [2.05, 4.69) is 5.32 Å². The Morgan fingerprint density at radius 1 is 1.00 bits per heavy atom. The minimum Gasteiger partial charge on any atom is -0.359 e. The molecule has 2 bridgehead atoms. The van der Waals surface area contributed by atoms with Gasteiger partial charge in [-0.05, 0) is 50.4 Å². The predicted octanol–water partition coefficient (Wildman–Crippen LogP) is 1.55. The van der Waals surface area contributed by atoms with Gasteiger partial charge in [0.2, 0.25) is 11.8 Å². The van der Waals surface area contributed by atoms with Gasteiger partial charge >= 0.3 is 0 Å². The second kappa shape index (κ2) is 7.84. The van der Waals surface area contributed by atoms with Crippen LogP contribution in [0, 0.1) is 23.7 Å². The molecule has 2 atom stereocenters. The Kier molecular flexibility index (Phi) is 6.32. The molecule has 2 aliphatic carbocycles. The van der Waals surface area contributed by atoms with Gasteiger partial charge < -0.3 is 16.0 Å². The molecule has 132 valence electrons. The smallest absolute Gasteiger partial charge is 0.225 e. The van der Waals surface area contributed by atoms with Crippen LogP contribution in [0.2, 0.25) is 0 Å². The Bertz CT molecular complexity index is 424. The topological polar surface area (TPSA) is 75.4 Å². The highest BCUT2D eigenvalue weighted by atomic mass is 35.5. The van der Waals surface area contributed by atoms with Crippen LogP contribution in [0.15, 0.2) is 0 Å². The Hall–Kier alpha value is -0.810. The first-order valence-electron chi connectivity index (χ1n) is 8.86. The van der Waals surface area contributed by atoms with Crippen molar-refractivity contribution in [3.8, 4) is 0 Å². The number of carbonyl (C=O) groups excluding carboxylic acids is 2. The number of nitrogens with one attached hydrogen (secondary N) is 1. The van der Waals surface area contributed by atoms with Crippen LogP contribution in [0.3, 0.4) is 0 Å². The van der Waals surface area contributed by atoms with E-state index in [1.54, 1.807) is 7.05 Å². The number of hydrogen-bond acceptors (Lipinski definition) is 3. The maximum atomic E-state index is 12.8. The summed E-state index contributed by atoms with van der Waals surface area (Å²) in [4.78, 5) is 26.5. The molecule has 0 aromatic rings. The maximum absolute atomic E-state index is 12.8. The van der Waals surface area contributed by atoms with Crippen LogP contribution in [-0.2, 0) is 9.59 Å². The molecule has 3 aliphatic rings. The summed E-state index contributed by atoms with van der Waals surface area (Å²) in [5, 5.41) is 2.72. The fourth-order valence-electron chi connectivity index (χ4n) is 4.82. The van der Waals surface area contributed by atoms with Crippen LogP contribution in [-0.4, -0.2) is 42.9 Å². The first-order chi connectivity index (χ1) is 10.6. The summed E-state index contributed by atoms with van der Waals surface area (Å²) >= 11 is 0.